The van der Waals surface area contributed by atoms with Crippen molar-refractivity contribution in [3.63, 3.8) is 0 Å². The Morgan fingerprint density at radius 2 is 1.95 bits per heavy atom. The maximum Gasteiger partial charge on any atom is 0.254 e. The molecule has 1 rings (SSSR count). The third kappa shape index (κ3) is 4.66. The minimum absolute atomic E-state index is 0.0810. The zero-order valence-corrected chi connectivity index (χ0v) is 13.6. The maximum atomic E-state index is 14.1. The minimum Gasteiger partial charge on any atom is -0.352 e. The maximum absolute atomic E-state index is 14.1. The number of primary sulfonamides is 1. The Bertz CT molecular complexity index is 647. The van der Waals surface area contributed by atoms with Gasteiger partial charge in [0, 0.05) is 11.6 Å². The van der Waals surface area contributed by atoms with E-state index in [9.17, 15) is 17.6 Å². The van der Waals surface area contributed by atoms with Crippen LogP contribution in [0.2, 0.25) is 5.02 Å². The van der Waals surface area contributed by atoms with Gasteiger partial charge in [0.15, 0.2) is 5.82 Å². The zero-order valence-electron chi connectivity index (χ0n) is 12.0. The number of hydrogen-bond acceptors (Lipinski definition) is 3. The van der Waals surface area contributed by atoms with Gasteiger partial charge < -0.3 is 5.32 Å². The quantitative estimate of drug-likeness (QED) is 0.863. The van der Waals surface area contributed by atoms with E-state index in [2.05, 4.69) is 5.32 Å². The lowest BCUT2D eigenvalue weighted by atomic mass is 9.98. The highest BCUT2D eigenvalue weighted by atomic mass is 35.5. The molecule has 0 saturated heterocycles. The van der Waals surface area contributed by atoms with E-state index >= 15 is 0 Å². The Hall–Kier alpha value is -1.18. The van der Waals surface area contributed by atoms with Crippen molar-refractivity contribution in [3.05, 3.63) is 28.5 Å². The molecule has 0 aromatic heterocycles. The van der Waals surface area contributed by atoms with Crippen LogP contribution in [0.1, 0.15) is 31.1 Å². The van der Waals surface area contributed by atoms with Gasteiger partial charge >= 0.3 is 0 Å². The number of nitrogens with two attached hydrogens (primary N) is 1. The van der Waals surface area contributed by atoms with Crippen LogP contribution in [0.4, 0.5) is 4.39 Å². The van der Waals surface area contributed by atoms with Gasteiger partial charge in [-0.2, -0.15) is 0 Å². The summed E-state index contributed by atoms with van der Waals surface area (Å²) in [5, 5.41) is 7.37. The van der Waals surface area contributed by atoms with Gasteiger partial charge in [-0.1, -0.05) is 32.4 Å². The number of sulfonamides is 1. The average Bonchev–Trinajstić information content (AvgIpc) is 2.36. The molecule has 3 N–H and O–H groups in total. The molecule has 1 unspecified atom stereocenters. The van der Waals surface area contributed by atoms with Crippen LogP contribution in [0.25, 0.3) is 0 Å². The van der Waals surface area contributed by atoms with Crippen LogP contribution in [-0.2, 0) is 10.0 Å². The Morgan fingerprint density at radius 3 is 2.43 bits per heavy atom. The normalized spacial score (nSPS) is 13.3. The first-order chi connectivity index (χ1) is 9.54. The fraction of sp³-hybridized carbons (Fsp3) is 0.462. The van der Waals surface area contributed by atoms with E-state index in [-0.39, 0.29) is 10.9 Å². The number of nitrogens with one attached hydrogen (secondary N) is 1. The van der Waals surface area contributed by atoms with Gasteiger partial charge in [0.25, 0.3) is 5.91 Å². The van der Waals surface area contributed by atoms with Crippen molar-refractivity contribution in [2.45, 2.75) is 25.7 Å². The first-order valence-corrected chi connectivity index (χ1v) is 8.26. The summed E-state index contributed by atoms with van der Waals surface area (Å²) in [5.41, 5.74) is -0.442. The second-order valence-electron chi connectivity index (χ2n) is 5.24. The van der Waals surface area contributed by atoms with Crippen LogP contribution in [0, 0.1) is 17.7 Å². The van der Waals surface area contributed by atoms with Crippen LogP contribution in [-0.4, -0.2) is 20.9 Å². The van der Waals surface area contributed by atoms with Crippen LogP contribution >= 0.6 is 11.6 Å². The summed E-state index contributed by atoms with van der Waals surface area (Å²) in [7, 11) is -4.30. The van der Waals surface area contributed by atoms with Gasteiger partial charge in [-0.25, -0.2) is 17.9 Å². The van der Waals surface area contributed by atoms with Gasteiger partial charge in [0.1, 0.15) is 4.90 Å². The third-order valence-electron chi connectivity index (χ3n) is 3.28. The second-order valence-corrected chi connectivity index (χ2v) is 7.21. The summed E-state index contributed by atoms with van der Waals surface area (Å²) in [4.78, 5) is 11.2. The van der Waals surface area contributed by atoms with E-state index < -0.39 is 32.2 Å². The van der Waals surface area contributed by atoms with Crippen LogP contribution < -0.4 is 10.5 Å². The molecule has 0 fully saturated rings. The van der Waals surface area contributed by atoms with E-state index in [1.54, 1.807) is 0 Å². The lowest BCUT2D eigenvalue weighted by Crippen LogP contribution is -2.31. The van der Waals surface area contributed by atoms with E-state index in [1.165, 1.54) is 0 Å². The van der Waals surface area contributed by atoms with Gasteiger partial charge in [0.2, 0.25) is 10.0 Å². The molecular weight excluding hydrogens is 319 g/mol. The number of hydrogen-bond donors (Lipinski definition) is 2. The number of carbonyl (C=O) groups is 1. The molecular formula is C13H18ClFN2O3S. The van der Waals surface area contributed by atoms with E-state index in [0.29, 0.717) is 12.5 Å². The molecule has 0 spiro atoms. The van der Waals surface area contributed by atoms with Gasteiger partial charge in [-0.3, -0.25) is 4.79 Å². The third-order valence-corrected chi connectivity index (χ3v) is 4.41. The summed E-state index contributed by atoms with van der Waals surface area (Å²) in [6.45, 7) is 6.27. The van der Waals surface area contributed by atoms with E-state index in [1.807, 2.05) is 20.8 Å². The summed E-state index contributed by atoms with van der Waals surface area (Å²) in [6.07, 6.45) is 0. The average molecular weight is 337 g/mol. The molecule has 21 heavy (non-hydrogen) atoms. The van der Waals surface area contributed by atoms with Crippen molar-refractivity contribution in [1.82, 2.24) is 5.32 Å². The van der Waals surface area contributed by atoms with Crippen molar-refractivity contribution in [1.29, 1.82) is 0 Å². The van der Waals surface area contributed by atoms with Gasteiger partial charge in [0.05, 0.1) is 5.56 Å². The number of rotatable bonds is 5. The number of carbonyl (C=O) groups excluding carboxylic acids is 1. The number of amides is 1. The number of halogens is 2. The predicted octanol–water partition coefficient (Wildman–Crippen LogP) is 2.15. The smallest absolute Gasteiger partial charge is 0.254 e. The van der Waals surface area contributed by atoms with Crippen molar-refractivity contribution in [2.75, 3.05) is 6.54 Å². The van der Waals surface area contributed by atoms with Crippen LogP contribution in [0.15, 0.2) is 17.0 Å². The lowest BCUT2D eigenvalue weighted by molar-refractivity contribution is 0.0940. The first-order valence-electron chi connectivity index (χ1n) is 6.34. The molecule has 118 valence electrons. The molecule has 0 heterocycles. The molecule has 1 atom stereocenters. The Morgan fingerprint density at radius 1 is 1.38 bits per heavy atom. The lowest BCUT2D eigenvalue weighted by Gasteiger charge is -2.16. The minimum atomic E-state index is -4.30. The fourth-order valence-corrected chi connectivity index (χ4v) is 2.46. The zero-order chi connectivity index (χ0) is 16.4. The summed E-state index contributed by atoms with van der Waals surface area (Å²) in [5.74, 6) is -1.40. The Kier molecular flexibility index (Phi) is 5.72. The highest BCUT2D eigenvalue weighted by Gasteiger charge is 2.23. The summed E-state index contributed by atoms with van der Waals surface area (Å²) in [6, 6.07) is 1.95. The SMILES string of the molecule is CC(C)C(C)CNC(=O)c1cc(Cl)cc(S(N)(=O)=O)c1F. The fourth-order valence-electron chi connectivity index (χ4n) is 1.52. The van der Waals surface area contributed by atoms with Crippen molar-refractivity contribution in [2.24, 2.45) is 17.0 Å². The van der Waals surface area contributed by atoms with E-state index in [0.717, 1.165) is 12.1 Å². The molecule has 8 heteroatoms. The summed E-state index contributed by atoms with van der Waals surface area (Å²) < 4.78 is 36.7. The standard InChI is InChI=1S/C13H18ClFN2O3S/c1-7(2)8(3)6-17-13(18)10-4-9(14)5-11(12(10)15)21(16,19)20/h4-5,7-8H,6H2,1-3H3,(H,17,18)(H2,16,19,20). The Balaban J connectivity index is 3.08. The molecule has 1 aromatic rings. The number of benzene rings is 1. The molecule has 0 aliphatic heterocycles. The molecule has 0 aliphatic carbocycles. The highest BCUT2D eigenvalue weighted by Crippen LogP contribution is 2.23. The van der Waals surface area contributed by atoms with Gasteiger partial charge in [-0.15, -0.1) is 0 Å². The van der Waals surface area contributed by atoms with Crippen molar-refractivity contribution in [3.8, 4) is 0 Å². The molecule has 0 aliphatic rings. The van der Waals surface area contributed by atoms with Crippen molar-refractivity contribution >= 4 is 27.5 Å². The first kappa shape index (κ1) is 17.9. The summed E-state index contributed by atoms with van der Waals surface area (Å²) >= 11 is 5.72. The second kappa shape index (κ2) is 6.72. The molecule has 5 nitrogen and oxygen atoms in total. The molecule has 0 bridgehead atoms. The largest absolute Gasteiger partial charge is 0.352 e. The monoisotopic (exact) mass is 336 g/mol. The topological polar surface area (TPSA) is 89.3 Å². The highest BCUT2D eigenvalue weighted by molar-refractivity contribution is 7.89. The predicted molar refractivity (Wildman–Crippen MR) is 79.1 cm³/mol. The van der Waals surface area contributed by atoms with Crippen LogP contribution in [0.3, 0.4) is 0 Å². The molecule has 1 amide bonds. The van der Waals surface area contributed by atoms with Gasteiger partial charge in [-0.05, 0) is 24.0 Å². The molecule has 0 saturated carbocycles. The molecule has 0 radical (unpaired) electrons. The van der Waals surface area contributed by atoms with E-state index in [4.69, 9.17) is 16.7 Å². The molecule has 1 aromatic carbocycles. The van der Waals surface area contributed by atoms with Crippen molar-refractivity contribution < 1.29 is 17.6 Å². The van der Waals surface area contributed by atoms with Crippen LogP contribution in [0.5, 0.6) is 0 Å². The Labute approximate surface area is 128 Å².